The standard InChI is InChI=1S/C16H26N2S/c1-13(2)10-17-11-14-4-6-15(7-5-14)18(3)16-8-9-19-12-16/h4-7,13,16-17H,8-12H2,1-3H3. The third-order valence-electron chi connectivity index (χ3n) is 3.68. The summed E-state index contributed by atoms with van der Waals surface area (Å²) in [5, 5.41) is 3.49. The van der Waals surface area contributed by atoms with E-state index in [0.29, 0.717) is 5.92 Å². The van der Waals surface area contributed by atoms with E-state index in [1.807, 2.05) is 0 Å². The van der Waals surface area contributed by atoms with Gasteiger partial charge in [-0.15, -0.1) is 0 Å². The summed E-state index contributed by atoms with van der Waals surface area (Å²) in [5.41, 5.74) is 2.72. The van der Waals surface area contributed by atoms with Crippen LogP contribution in [0.1, 0.15) is 25.8 Å². The number of hydrogen-bond donors (Lipinski definition) is 1. The Morgan fingerprint density at radius 3 is 2.63 bits per heavy atom. The summed E-state index contributed by atoms with van der Waals surface area (Å²) < 4.78 is 0. The van der Waals surface area contributed by atoms with E-state index >= 15 is 0 Å². The summed E-state index contributed by atoms with van der Waals surface area (Å²) in [5.74, 6) is 3.30. The Hall–Kier alpha value is -0.670. The maximum Gasteiger partial charge on any atom is 0.0385 e. The molecule has 1 aliphatic heterocycles. The minimum absolute atomic E-state index is 0.713. The summed E-state index contributed by atoms with van der Waals surface area (Å²) in [6, 6.07) is 9.74. The number of nitrogens with zero attached hydrogens (tertiary/aromatic N) is 1. The van der Waals surface area contributed by atoms with Crippen LogP contribution in [0.2, 0.25) is 0 Å². The van der Waals surface area contributed by atoms with Crippen molar-refractivity contribution >= 4 is 17.4 Å². The number of nitrogens with one attached hydrogen (secondary N) is 1. The summed E-state index contributed by atoms with van der Waals surface area (Å²) >= 11 is 2.07. The average molecular weight is 278 g/mol. The molecule has 1 aromatic rings. The lowest BCUT2D eigenvalue weighted by atomic mass is 10.1. The van der Waals surface area contributed by atoms with Gasteiger partial charge < -0.3 is 10.2 Å². The number of thioether (sulfide) groups is 1. The summed E-state index contributed by atoms with van der Waals surface area (Å²) in [4.78, 5) is 2.44. The molecule has 3 heteroatoms. The monoisotopic (exact) mass is 278 g/mol. The zero-order valence-electron chi connectivity index (χ0n) is 12.4. The van der Waals surface area contributed by atoms with Crippen LogP contribution in [-0.2, 0) is 6.54 Å². The number of rotatable bonds is 6. The molecule has 2 nitrogen and oxygen atoms in total. The molecule has 0 bridgehead atoms. The van der Waals surface area contributed by atoms with Gasteiger partial charge in [0.1, 0.15) is 0 Å². The van der Waals surface area contributed by atoms with Crippen LogP contribution in [0.5, 0.6) is 0 Å². The van der Waals surface area contributed by atoms with Crippen LogP contribution in [0.4, 0.5) is 5.69 Å². The first-order valence-electron chi connectivity index (χ1n) is 7.27. The number of anilines is 1. The molecule has 1 atom stereocenters. The van der Waals surface area contributed by atoms with Crippen LogP contribution in [0, 0.1) is 5.92 Å². The molecule has 2 rings (SSSR count). The van der Waals surface area contributed by atoms with Crippen molar-refractivity contribution in [3.05, 3.63) is 29.8 Å². The van der Waals surface area contributed by atoms with Crippen molar-refractivity contribution in [3.63, 3.8) is 0 Å². The minimum Gasteiger partial charge on any atom is -0.371 e. The smallest absolute Gasteiger partial charge is 0.0385 e. The van der Waals surface area contributed by atoms with Crippen LogP contribution in [0.25, 0.3) is 0 Å². The van der Waals surface area contributed by atoms with Gasteiger partial charge in [-0.05, 0) is 42.3 Å². The van der Waals surface area contributed by atoms with Gasteiger partial charge in [-0.25, -0.2) is 0 Å². The van der Waals surface area contributed by atoms with E-state index in [-0.39, 0.29) is 0 Å². The molecule has 1 aliphatic rings. The van der Waals surface area contributed by atoms with E-state index in [1.165, 1.54) is 29.2 Å². The average Bonchev–Trinajstić information content (AvgIpc) is 2.92. The van der Waals surface area contributed by atoms with Gasteiger partial charge in [-0.1, -0.05) is 26.0 Å². The van der Waals surface area contributed by atoms with Gasteiger partial charge in [-0.2, -0.15) is 11.8 Å². The van der Waals surface area contributed by atoms with E-state index in [9.17, 15) is 0 Å². The van der Waals surface area contributed by atoms with Gasteiger partial charge in [0.15, 0.2) is 0 Å². The predicted molar refractivity (Wildman–Crippen MR) is 87.1 cm³/mol. The van der Waals surface area contributed by atoms with Gasteiger partial charge in [0.2, 0.25) is 0 Å². The highest BCUT2D eigenvalue weighted by atomic mass is 32.2. The summed E-state index contributed by atoms with van der Waals surface area (Å²) in [7, 11) is 2.22. The van der Waals surface area contributed by atoms with Crippen LogP contribution in [0.3, 0.4) is 0 Å². The maximum atomic E-state index is 3.49. The fourth-order valence-electron chi connectivity index (χ4n) is 2.39. The first kappa shape index (κ1) is 14.7. The lowest BCUT2D eigenvalue weighted by Crippen LogP contribution is -2.31. The van der Waals surface area contributed by atoms with Gasteiger partial charge in [0.25, 0.3) is 0 Å². The number of benzene rings is 1. The van der Waals surface area contributed by atoms with Crippen molar-refractivity contribution in [1.82, 2.24) is 5.32 Å². The Morgan fingerprint density at radius 1 is 1.32 bits per heavy atom. The van der Waals surface area contributed by atoms with Gasteiger partial charge >= 0.3 is 0 Å². The number of hydrogen-bond acceptors (Lipinski definition) is 3. The third kappa shape index (κ3) is 4.43. The Balaban J connectivity index is 1.86. The Morgan fingerprint density at radius 2 is 2.05 bits per heavy atom. The fourth-order valence-corrected chi connectivity index (χ4v) is 3.66. The molecule has 0 radical (unpaired) electrons. The second-order valence-electron chi connectivity index (χ2n) is 5.82. The van der Waals surface area contributed by atoms with Crippen molar-refractivity contribution < 1.29 is 0 Å². The molecular weight excluding hydrogens is 252 g/mol. The Bertz CT molecular complexity index is 369. The van der Waals surface area contributed by atoms with Gasteiger partial charge in [0.05, 0.1) is 0 Å². The van der Waals surface area contributed by atoms with Crippen LogP contribution < -0.4 is 10.2 Å². The van der Waals surface area contributed by atoms with Crippen LogP contribution >= 0.6 is 11.8 Å². The highest BCUT2D eigenvalue weighted by molar-refractivity contribution is 7.99. The Kier molecular flexibility index (Phi) is 5.59. The molecule has 0 amide bonds. The first-order valence-corrected chi connectivity index (χ1v) is 8.42. The van der Waals surface area contributed by atoms with Crippen molar-refractivity contribution in [2.24, 2.45) is 5.92 Å². The molecule has 19 heavy (non-hydrogen) atoms. The highest BCUT2D eigenvalue weighted by Crippen LogP contribution is 2.25. The highest BCUT2D eigenvalue weighted by Gasteiger charge is 2.20. The van der Waals surface area contributed by atoms with Gasteiger partial charge in [-0.3, -0.25) is 0 Å². The molecule has 106 valence electrons. The molecule has 0 saturated carbocycles. The molecule has 1 aromatic carbocycles. The molecule has 1 unspecified atom stereocenters. The lowest BCUT2D eigenvalue weighted by Gasteiger charge is -2.26. The molecule has 1 heterocycles. The fraction of sp³-hybridized carbons (Fsp3) is 0.625. The quantitative estimate of drug-likeness (QED) is 0.859. The van der Waals surface area contributed by atoms with Crippen LogP contribution in [0.15, 0.2) is 24.3 Å². The summed E-state index contributed by atoms with van der Waals surface area (Å²) in [6.45, 7) is 6.54. The van der Waals surface area contributed by atoms with E-state index in [0.717, 1.165) is 19.1 Å². The zero-order valence-corrected chi connectivity index (χ0v) is 13.2. The molecule has 1 N–H and O–H groups in total. The van der Waals surface area contributed by atoms with E-state index < -0.39 is 0 Å². The van der Waals surface area contributed by atoms with E-state index in [1.54, 1.807) is 0 Å². The first-order chi connectivity index (χ1) is 9.16. The minimum atomic E-state index is 0.713. The van der Waals surface area contributed by atoms with Crippen molar-refractivity contribution in [2.45, 2.75) is 32.9 Å². The lowest BCUT2D eigenvalue weighted by molar-refractivity contribution is 0.552. The zero-order chi connectivity index (χ0) is 13.7. The second kappa shape index (κ2) is 7.20. The topological polar surface area (TPSA) is 15.3 Å². The molecule has 0 aliphatic carbocycles. The van der Waals surface area contributed by atoms with Gasteiger partial charge in [0, 0.05) is 31.1 Å². The third-order valence-corrected chi connectivity index (χ3v) is 4.82. The molecule has 0 spiro atoms. The van der Waals surface area contributed by atoms with E-state index in [2.05, 4.69) is 67.1 Å². The predicted octanol–water partition coefficient (Wildman–Crippen LogP) is 3.37. The van der Waals surface area contributed by atoms with E-state index in [4.69, 9.17) is 0 Å². The van der Waals surface area contributed by atoms with Crippen LogP contribution in [-0.4, -0.2) is 31.1 Å². The summed E-state index contributed by atoms with van der Waals surface area (Å²) in [6.07, 6.45) is 1.32. The SMILES string of the molecule is CC(C)CNCc1ccc(N(C)C2CCSC2)cc1. The molecule has 0 aromatic heterocycles. The molecule has 1 fully saturated rings. The van der Waals surface area contributed by atoms with Crippen molar-refractivity contribution in [3.8, 4) is 0 Å². The molecular formula is C16H26N2S. The van der Waals surface area contributed by atoms with Crippen molar-refractivity contribution in [2.75, 3.05) is 30.0 Å². The van der Waals surface area contributed by atoms with Crippen molar-refractivity contribution in [1.29, 1.82) is 0 Å². The second-order valence-corrected chi connectivity index (χ2v) is 6.97. The molecule has 1 saturated heterocycles. The maximum absolute atomic E-state index is 3.49. The Labute approximate surface area is 122 Å². The largest absolute Gasteiger partial charge is 0.371 e. The normalized spacial score (nSPS) is 19.1.